The fraction of sp³-hybridized carbons (Fsp3) is 0.667. The molecule has 1 aliphatic rings. The Hall–Kier alpha value is -2.11. The van der Waals surface area contributed by atoms with Gasteiger partial charge >= 0.3 is 0 Å². The number of nitrogens with one attached hydrogen (secondary N) is 2. The van der Waals surface area contributed by atoms with Gasteiger partial charge < -0.3 is 5.32 Å². The fourth-order valence-electron chi connectivity index (χ4n) is 4.01. The standard InChI is InChI=1S/C21H33N5O/c1-5-7-9-16(8-6-2)26-14-15(13-22-26)23-20(27)19-17-10-11-21(3,4)12-18(17)24-25-19/h13-14,16H,5-12H2,1-4H3,(H,23,27)(H,24,25). The van der Waals surface area contributed by atoms with Crippen molar-refractivity contribution in [3.8, 4) is 0 Å². The van der Waals surface area contributed by atoms with Crippen LogP contribution >= 0.6 is 0 Å². The van der Waals surface area contributed by atoms with E-state index in [1.165, 1.54) is 12.8 Å². The molecule has 1 amide bonds. The number of aromatic nitrogens is 4. The highest BCUT2D eigenvalue weighted by atomic mass is 16.2. The zero-order valence-electron chi connectivity index (χ0n) is 17.1. The SMILES string of the molecule is CCCCC(CCC)n1cc(NC(=O)c2n[nH]c3c2CCC(C)(C)C3)cn1. The molecule has 1 unspecified atom stereocenters. The van der Waals surface area contributed by atoms with Crippen molar-refractivity contribution < 1.29 is 4.79 Å². The number of nitrogens with zero attached hydrogens (tertiary/aromatic N) is 3. The molecule has 0 radical (unpaired) electrons. The Kier molecular flexibility index (Phi) is 6.02. The van der Waals surface area contributed by atoms with Crippen molar-refractivity contribution in [2.24, 2.45) is 5.41 Å². The van der Waals surface area contributed by atoms with Crippen molar-refractivity contribution in [3.05, 3.63) is 29.3 Å². The molecule has 0 saturated carbocycles. The monoisotopic (exact) mass is 371 g/mol. The lowest BCUT2D eigenvalue weighted by molar-refractivity contribution is 0.102. The van der Waals surface area contributed by atoms with Gasteiger partial charge in [0.15, 0.2) is 5.69 Å². The third kappa shape index (κ3) is 4.60. The molecule has 1 atom stereocenters. The van der Waals surface area contributed by atoms with Gasteiger partial charge in [-0.1, -0.05) is 47.0 Å². The number of anilines is 1. The third-order valence-electron chi connectivity index (χ3n) is 5.62. The summed E-state index contributed by atoms with van der Waals surface area (Å²) in [4.78, 5) is 12.8. The van der Waals surface area contributed by atoms with E-state index in [2.05, 4.69) is 48.3 Å². The Morgan fingerprint density at radius 3 is 2.89 bits per heavy atom. The molecule has 0 aliphatic heterocycles. The zero-order valence-corrected chi connectivity index (χ0v) is 17.1. The molecule has 0 bridgehead atoms. The van der Waals surface area contributed by atoms with E-state index in [-0.39, 0.29) is 11.3 Å². The number of hydrogen-bond donors (Lipinski definition) is 2. The van der Waals surface area contributed by atoms with Crippen LogP contribution in [0.5, 0.6) is 0 Å². The summed E-state index contributed by atoms with van der Waals surface area (Å²) in [6.07, 6.45) is 12.4. The number of rotatable bonds is 8. The topological polar surface area (TPSA) is 75.6 Å². The lowest BCUT2D eigenvalue weighted by Crippen LogP contribution is -2.23. The van der Waals surface area contributed by atoms with Gasteiger partial charge in [-0.2, -0.15) is 10.2 Å². The average Bonchev–Trinajstić information content (AvgIpc) is 3.24. The Labute approximate surface area is 162 Å². The second-order valence-corrected chi connectivity index (χ2v) is 8.62. The maximum Gasteiger partial charge on any atom is 0.276 e. The molecule has 2 heterocycles. The summed E-state index contributed by atoms with van der Waals surface area (Å²) >= 11 is 0. The Morgan fingerprint density at radius 2 is 2.15 bits per heavy atom. The molecule has 0 spiro atoms. The van der Waals surface area contributed by atoms with E-state index in [1.54, 1.807) is 6.20 Å². The molecule has 2 aromatic rings. The first kappa shape index (κ1) is 19.6. The maximum absolute atomic E-state index is 12.8. The van der Waals surface area contributed by atoms with Crippen molar-refractivity contribution in [1.82, 2.24) is 20.0 Å². The molecular formula is C21H33N5O. The molecule has 6 heteroatoms. The van der Waals surface area contributed by atoms with Gasteiger partial charge in [0, 0.05) is 17.5 Å². The van der Waals surface area contributed by atoms with Gasteiger partial charge in [0.05, 0.1) is 17.9 Å². The largest absolute Gasteiger partial charge is 0.318 e. The normalized spacial score (nSPS) is 16.7. The Morgan fingerprint density at radius 1 is 1.33 bits per heavy atom. The Balaban J connectivity index is 1.69. The molecule has 2 N–H and O–H groups in total. The highest BCUT2D eigenvalue weighted by molar-refractivity contribution is 6.03. The van der Waals surface area contributed by atoms with E-state index >= 15 is 0 Å². The van der Waals surface area contributed by atoms with Crippen LogP contribution in [0.1, 0.15) is 94.0 Å². The smallest absolute Gasteiger partial charge is 0.276 e. The van der Waals surface area contributed by atoms with E-state index in [9.17, 15) is 4.79 Å². The first-order valence-corrected chi connectivity index (χ1v) is 10.3. The summed E-state index contributed by atoms with van der Waals surface area (Å²) in [6.45, 7) is 8.93. The van der Waals surface area contributed by atoms with Gasteiger partial charge in [0.25, 0.3) is 5.91 Å². The quantitative estimate of drug-likeness (QED) is 0.692. The first-order chi connectivity index (χ1) is 12.9. The lowest BCUT2D eigenvalue weighted by atomic mass is 9.76. The summed E-state index contributed by atoms with van der Waals surface area (Å²) in [5, 5.41) is 14.9. The second-order valence-electron chi connectivity index (χ2n) is 8.62. The number of amides is 1. The van der Waals surface area contributed by atoms with E-state index < -0.39 is 0 Å². The molecule has 27 heavy (non-hydrogen) atoms. The summed E-state index contributed by atoms with van der Waals surface area (Å²) in [5.41, 5.74) is 3.72. The summed E-state index contributed by atoms with van der Waals surface area (Å²) in [7, 11) is 0. The van der Waals surface area contributed by atoms with Gasteiger partial charge in [-0.3, -0.25) is 14.6 Å². The number of fused-ring (bicyclic) bond motifs is 1. The number of carbonyl (C=O) groups is 1. The van der Waals surface area contributed by atoms with Gasteiger partial charge in [0.1, 0.15) is 0 Å². The van der Waals surface area contributed by atoms with E-state index in [0.29, 0.717) is 11.7 Å². The van der Waals surface area contributed by atoms with Crippen LogP contribution in [0.2, 0.25) is 0 Å². The number of carbonyl (C=O) groups excluding carboxylic acids is 1. The first-order valence-electron chi connectivity index (χ1n) is 10.3. The zero-order chi connectivity index (χ0) is 19.4. The van der Waals surface area contributed by atoms with Crippen molar-refractivity contribution in [2.45, 2.75) is 85.1 Å². The third-order valence-corrected chi connectivity index (χ3v) is 5.62. The summed E-state index contributed by atoms with van der Waals surface area (Å²) in [5.74, 6) is -0.146. The number of unbranched alkanes of at least 4 members (excludes halogenated alkanes) is 1. The number of hydrogen-bond acceptors (Lipinski definition) is 3. The number of H-pyrrole nitrogens is 1. The van der Waals surface area contributed by atoms with Crippen molar-refractivity contribution >= 4 is 11.6 Å². The predicted molar refractivity (Wildman–Crippen MR) is 108 cm³/mol. The molecule has 0 saturated heterocycles. The highest BCUT2D eigenvalue weighted by Crippen LogP contribution is 2.35. The minimum absolute atomic E-state index is 0.146. The number of aromatic amines is 1. The van der Waals surface area contributed by atoms with Crippen molar-refractivity contribution in [1.29, 1.82) is 0 Å². The molecule has 0 aromatic carbocycles. The molecule has 3 rings (SSSR count). The predicted octanol–water partition coefficient (Wildman–Crippen LogP) is 4.90. The van der Waals surface area contributed by atoms with E-state index in [0.717, 1.165) is 55.5 Å². The van der Waals surface area contributed by atoms with Crippen LogP contribution in [-0.2, 0) is 12.8 Å². The van der Waals surface area contributed by atoms with Crippen molar-refractivity contribution in [3.63, 3.8) is 0 Å². The highest BCUT2D eigenvalue weighted by Gasteiger charge is 2.30. The van der Waals surface area contributed by atoms with Gasteiger partial charge in [-0.15, -0.1) is 0 Å². The van der Waals surface area contributed by atoms with Crippen molar-refractivity contribution in [2.75, 3.05) is 5.32 Å². The van der Waals surface area contributed by atoms with Crippen LogP contribution < -0.4 is 5.32 Å². The molecule has 2 aromatic heterocycles. The van der Waals surface area contributed by atoms with Crippen LogP contribution in [0.3, 0.4) is 0 Å². The van der Waals surface area contributed by atoms with E-state index in [1.807, 2.05) is 10.9 Å². The van der Waals surface area contributed by atoms with E-state index in [4.69, 9.17) is 0 Å². The van der Waals surface area contributed by atoms with Crippen LogP contribution in [-0.4, -0.2) is 25.9 Å². The molecule has 148 valence electrons. The average molecular weight is 372 g/mol. The van der Waals surface area contributed by atoms with Crippen LogP contribution in [0.4, 0.5) is 5.69 Å². The second kappa shape index (κ2) is 8.28. The molecule has 0 fully saturated rings. The minimum Gasteiger partial charge on any atom is -0.318 e. The molecule has 1 aliphatic carbocycles. The van der Waals surface area contributed by atoms with Gasteiger partial charge in [-0.05, 0) is 37.5 Å². The van der Waals surface area contributed by atoms with Crippen LogP contribution in [0, 0.1) is 5.41 Å². The fourth-order valence-corrected chi connectivity index (χ4v) is 4.01. The minimum atomic E-state index is -0.146. The molecule has 6 nitrogen and oxygen atoms in total. The van der Waals surface area contributed by atoms with Gasteiger partial charge in [0.2, 0.25) is 0 Å². The molecular weight excluding hydrogens is 338 g/mol. The summed E-state index contributed by atoms with van der Waals surface area (Å²) in [6, 6.07) is 0.404. The van der Waals surface area contributed by atoms with Gasteiger partial charge in [-0.25, -0.2) is 0 Å². The summed E-state index contributed by atoms with van der Waals surface area (Å²) < 4.78 is 2.01. The Bertz CT molecular complexity index is 773. The maximum atomic E-state index is 12.8. The van der Waals surface area contributed by atoms with Crippen LogP contribution in [0.25, 0.3) is 0 Å². The lowest BCUT2D eigenvalue weighted by Gasteiger charge is -2.28. The van der Waals surface area contributed by atoms with Crippen LogP contribution in [0.15, 0.2) is 12.4 Å².